The van der Waals surface area contributed by atoms with E-state index >= 15 is 0 Å². The van der Waals surface area contributed by atoms with Gasteiger partial charge in [-0.3, -0.25) is 4.79 Å². The van der Waals surface area contributed by atoms with Gasteiger partial charge in [-0.25, -0.2) is 0 Å². The van der Waals surface area contributed by atoms with Crippen LogP contribution in [0.5, 0.6) is 17.2 Å². The zero-order chi connectivity index (χ0) is 17.8. The first-order valence-corrected chi connectivity index (χ1v) is 8.06. The van der Waals surface area contributed by atoms with Crippen LogP contribution in [0.15, 0.2) is 42.5 Å². The number of fused-ring (bicyclic) bond motifs is 1. The minimum absolute atomic E-state index is 0.0176. The molecule has 1 aliphatic rings. The summed E-state index contributed by atoms with van der Waals surface area (Å²) < 4.78 is 16.0. The van der Waals surface area contributed by atoms with Crippen LogP contribution in [0.2, 0.25) is 0 Å². The molecule has 0 bridgehead atoms. The zero-order valence-electron chi connectivity index (χ0n) is 14.6. The van der Waals surface area contributed by atoms with Gasteiger partial charge in [0.05, 0.1) is 13.2 Å². The van der Waals surface area contributed by atoms with E-state index in [1.54, 1.807) is 25.3 Å². The van der Waals surface area contributed by atoms with Gasteiger partial charge in [-0.2, -0.15) is 0 Å². The number of benzene rings is 2. The maximum Gasteiger partial charge on any atom is 0.251 e. The van der Waals surface area contributed by atoms with Gasteiger partial charge in [-0.15, -0.1) is 0 Å². The highest BCUT2D eigenvalue weighted by Gasteiger charge is 2.20. The van der Waals surface area contributed by atoms with Crippen LogP contribution >= 0.6 is 0 Å². The summed E-state index contributed by atoms with van der Waals surface area (Å²) in [5.41, 5.74) is 1.63. The van der Waals surface area contributed by atoms with Crippen LogP contribution < -0.4 is 19.5 Å². The number of carbonyl (C=O) groups is 1. The van der Waals surface area contributed by atoms with Crippen molar-refractivity contribution >= 4 is 5.91 Å². The molecule has 0 aromatic heterocycles. The van der Waals surface area contributed by atoms with E-state index in [9.17, 15) is 4.79 Å². The molecular weight excluding hydrogens is 320 g/mol. The van der Waals surface area contributed by atoms with Gasteiger partial charge in [0.25, 0.3) is 5.91 Å². The summed E-state index contributed by atoms with van der Waals surface area (Å²) in [5.74, 6) is 2.02. The number of carbonyl (C=O) groups excluding carboxylic acids is 1. The molecule has 1 aliphatic heterocycles. The maximum atomic E-state index is 12.4. The smallest absolute Gasteiger partial charge is 0.251 e. The third-order valence-corrected chi connectivity index (χ3v) is 4.19. The Labute approximate surface area is 147 Å². The lowest BCUT2D eigenvalue weighted by Gasteiger charge is -2.25. The molecule has 0 unspecified atom stereocenters. The molecule has 1 heterocycles. The molecule has 0 saturated heterocycles. The predicted octanol–water partition coefficient (Wildman–Crippen LogP) is 2.46. The number of hydrogen-bond donors (Lipinski definition) is 1. The summed E-state index contributed by atoms with van der Waals surface area (Å²) in [5, 5.41) is 2.99. The Bertz CT molecular complexity index is 761. The van der Waals surface area contributed by atoms with Crippen molar-refractivity contribution in [1.82, 2.24) is 10.2 Å². The lowest BCUT2D eigenvalue weighted by molar-refractivity contribution is 0.0941. The molecule has 0 radical (unpaired) electrons. The second-order valence-corrected chi connectivity index (χ2v) is 6.03. The summed E-state index contributed by atoms with van der Waals surface area (Å²) in [6.45, 7) is 0.723. The fraction of sp³-hybridized carbons (Fsp3) is 0.316. The standard InChI is InChI=1S/C19H22N2O4/c1-21(2)16(13-7-8-17-18(10-13)25-12-24-17)11-20-19(22)14-5-4-6-15(9-14)23-3/h4-10,16H,11-12H2,1-3H3,(H,20,22)/t16-/m1/s1. The Hall–Kier alpha value is -2.73. The monoisotopic (exact) mass is 342 g/mol. The maximum absolute atomic E-state index is 12.4. The molecule has 2 aromatic rings. The van der Waals surface area contributed by atoms with Gasteiger partial charge in [-0.05, 0) is 50.0 Å². The third kappa shape index (κ3) is 3.85. The SMILES string of the molecule is COc1cccc(C(=O)NC[C@H](c2ccc3c(c2)OCO3)N(C)C)c1. The van der Waals surface area contributed by atoms with Crippen molar-refractivity contribution < 1.29 is 19.0 Å². The number of ether oxygens (including phenoxy) is 3. The van der Waals surface area contributed by atoms with Gasteiger partial charge in [0, 0.05) is 12.1 Å². The molecule has 0 aliphatic carbocycles. The molecule has 1 atom stereocenters. The van der Waals surface area contributed by atoms with Crippen molar-refractivity contribution in [2.75, 3.05) is 34.5 Å². The molecule has 6 heteroatoms. The first-order chi connectivity index (χ1) is 12.1. The highest BCUT2D eigenvalue weighted by molar-refractivity contribution is 5.94. The van der Waals surface area contributed by atoms with Gasteiger partial charge in [-0.1, -0.05) is 12.1 Å². The average molecular weight is 342 g/mol. The quantitative estimate of drug-likeness (QED) is 0.874. The zero-order valence-corrected chi connectivity index (χ0v) is 14.6. The topological polar surface area (TPSA) is 60.0 Å². The van der Waals surface area contributed by atoms with E-state index in [1.165, 1.54) is 0 Å². The Morgan fingerprint density at radius 3 is 2.76 bits per heavy atom. The van der Waals surface area contributed by atoms with Crippen molar-refractivity contribution in [3.63, 3.8) is 0 Å². The molecular formula is C19H22N2O4. The van der Waals surface area contributed by atoms with Crippen molar-refractivity contribution in [1.29, 1.82) is 0 Å². The van der Waals surface area contributed by atoms with Gasteiger partial charge < -0.3 is 24.4 Å². The van der Waals surface area contributed by atoms with Crippen LogP contribution in [0.25, 0.3) is 0 Å². The summed E-state index contributed by atoms with van der Waals surface area (Å²) in [4.78, 5) is 14.5. The fourth-order valence-corrected chi connectivity index (χ4v) is 2.77. The molecule has 6 nitrogen and oxygen atoms in total. The number of nitrogens with one attached hydrogen (secondary N) is 1. The summed E-state index contributed by atoms with van der Waals surface area (Å²) in [7, 11) is 5.54. The molecule has 0 spiro atoms. The van der Waals surface area contributed by atoms with E-state index in [2.05, 4.69) is 10.2 Å². The first-order valence-electron chi connectivity index (χ1n) is 8.06. The van der Waals surface area contributed by atoms with Gasteiger partial charge in [0.2, 0.25) is 6.79 Å². The number of hydrogen-bond acceptors (Lipinski definition) is 5. The minimum atomic E-state index is -0.133. The Morgan fingerprint density at radius 2 is 2.00 bits per heavy atom. The predicted molar refractivity (Wildman–Crippen MR) is 94.3 cm³/mol. The normalized spacial score (nSPS) is 13.6. The molecule has 0 saturated carbocycles. The van der Waals surface area contributed by atoms with Gasteiger partial charge >= 0.3 is 0 Å². The molecule has 0 fully saturated rings. The van der Waals surface area contributed by atoms with Crippen LogP contribution in [0, 0.1) is 0 Å². The summed E-state index contributed by atoms with van der Waals surface area (Å²) in [6, 6.07) is 13.0. The summed E-state index contributed by atoms with van der Waals surface area (Å²) >= 11 is 0. The molecule has 1 amide bonds. The van der Waals surface area contributed by atoms with E-state index in [0.717, 1.165) is 17.1 Å². The van der Waals surface area contributed by atoms with E-state index in [1.807, 2.05) is 38.4 Å². The van der Waals surface area contributed by atoms with Gasteiger partial charge in [0.15, 0.2) is 11.5 Å². The lowest BCUT2D eigenvalue weighted by Crippen LogP contribution is -2.34. The first kappa shape index (κ1) is 17.1. The number of nitrogens with zero attached hydrogens (tertiary/aromatic N) is 1. The Morgan fingerprint density at radius 1 is 1.20 bits per heavy atom. The van der Waals surface area contributed by atoms with E-state index in [-0.39, 0.29) is 18.7 Å². The van der Waals surface area contributed by atoms with Crippen LogP contribution in [0.3, 0.4) is 0 Å². The average Bonchev–Trinajstić information content (AvgIpc) is 3.09. The van der Waals surface area contributed by atoms with E-state index in [0.29, 0.717) is 17.9 Å². The fourth-order valence-electron chi connectivity index (χ4n) is 2.77. The van der Waals surface area contributed by atoms with Crippen molar-refractivity contribution in [3.8, 4) is 17.2 Å². The Kier molecular flexibility index (Phi) is 5.09. The van der Waals surface area contributed by atoms with Crippen molar-refractivity contribution in [3.05, 3.63) is 53.6 Å². The summed E-state index contributed by atoms with van der Waals surface area (Å²) in [6.07, 6.45) is 0. The third-order valence-electron chi connectivity index (χ3n) is 4.19. The molecule has 1 N–H and O–H groups in total. The molecule has 25 heavy (non-hydrogen) atoms. The van der Waals surface area contributed by atoms with E-state index < -0.39 is 0 Å². The number of methoxy groups -OCH3 is 1. The molecule has 3 rings (SSSR count). The van der Waals surface area contributed by atoms with Crippen LogP contribution in [-0.4, -0.2) is 45.3 Å². The van der Waals surface area contributed by atoms with Crippen molar-refractivity contribution in [2.24, 2.45) is 0 Å². The molecule has 2 aromatic carbocycles. The highest BCUT2D eigenvalue weighted by Crippen LogP contribution is 2.34. The van der Waals surface area contributed by atoms with Crippen LogP contribution in [0.1, 0.15) is 22.0 Å². The number of amides is 1. The molecule has 132 valence electrons. The van der Waals surface area contributed by atoms with Gasteiger partial charge in [0.1, 0.15) is 5.75 Å². The highest BCUT2D eigenvalue weighted by atomic mass is 16.7. The van der Waals surface area contributed by atoms with Crippen LogP contribution in [0.4, 0.5) is 0 Å². The largest absolute Gasteiger partial charge is 0.497 e. The number of likely N-dealkylation sites (N-methyl/N-ethyl adjacent to an activating group) is 1. The Balaban J connectivity index is 1.71. The number of rotatable bonds is 6. The van der Waals surface area contributed by atoms with Crippen molar-refractivity contribution in [2.45, 2.75) is 6.04 Å². The minimum Gasteiger partial charge on any atom is -0.497 e. The second-order valence-electron chi connectivity index (χ2n) is 6.03. The van der Waals surface area contributed by atoms with E-state index in [4.69, 9.17) is 14.2 Å². The lowest BCUT2D eigenvalue weighted by atomic mass is 10.0. The second kappa shape index (κ2) is 7.44. The van der Waals surface area contributed by atoms with Crippen LogP contribution in [-0.2, 0) is 0 Å².